The molecule has 1 aliphatic heterocycles. The average molecular weight is 271 g/mol. The molecular weight excluding hydrogens is 246 g/mol. The topological polar surface area (TPSA) is 61.9 Å². The number of amides is 2. The number of nitrogens with one attached hydrogen (secondary N) is 1. The summed E-state index contributed by atoms with van der Waals surface area (Å²) in [6, 6.07) is 0.0440. The van der Waals surface area contributed by atoms with Gasteiger partial charge in [0, 0.05) is 39.1 Å². The standard InChI is InChI=1S/C13H25N3O3/c1-11(2)16(12(3)17)10-13(18)14-4-5-15-6-8-19-9-7-15/h11H,4-10H2,1-3H3,(H,14,18). The predicted molar refractivity (Wildman–Crippen MR) is 72.8 cm³/mol. The minimum atomic E-state index is -0.0999. The molecule has 0 aromatic carbocycles. The Morgan fingerprint density at radius 3 is 2.47 bits per heavy atom. The number of carbonyl (C=O) groups is 2. The summed E-state index contributed by atoms with van der Waals surface area (Å²) >= 11 is 0. The zero-order valence-electron chi connectivity index (χ0n) is 12.1. The molecule has 1 heterocycles. The highest BCUT2D eigenvalue weighted by atomic mass is 16.5. The average Bonchev–Trinajstić information content (AvgIpc) is 2.36. The summed E-state index contributed by atoms with van der Waals surface area (Å²) in [6.07, 6.45) is 0. The normalized spacial score (nSPS) is 16.4. The van der Waals surface area contributed by atoms with E-state index in [-0.39, 0.29) is 24.4 Å². The minimum Gasteiger partial charge on any atom is -0.379 e. The molecule has 1 N–H and O–H groups in total. The van der Waals surface area contributed by atoms with Gasteiger partial charge >= 0.3 is 0 Å². The van der Waals surface area contributed by atoms with Crippen LogP contribution < -0.4 is 5.32 Å². The Hall–Kier alpha value is -1.14. The van der Waals surface area contributed by atoms with E-state index < -0.39 is 0 Å². The van der Waals surface area contributed by atoms with Crippen LogP contribution in [-0.4, -0.2) is 73.6 Å². The molecule has 1 rings (SSSR count). The third-order valence-corrected chi connectivity index (χ3v) is 3.20. The molecule has 2 amide bonds. The van der Waals surface area contributed by atoms with Crippen molar-refractivity contribution in [1.82, 2.24) is 15.1 Å². The molecule has 0 bridgehead atoms. The zero-order valence-corrected chi connectivity index (χ0v) is 12.1. The smallest absolute Gasteiger partial charge is 0.239 e. The summed E-state index contributed by atoms with van der Waals surface area (Å²) < 4.78 is 5.26. The van der Waals surface area contributed by atoms with Gasteiger partial charge < -0.3 is 15.0 Å². The van der Waals surface area contributed by atoms with Gasteiger partial charge in [0.15, 0.2) is 0 Å². The van der Waals surface area contributed by atoms with Crippen molar-refractivity contribution in [3.8, 4) is 0 Å². The minimum absolute atomic E-state index is 0.0440. The molecule has 0 aromatic heterocycles. The Morgan fingerprint density at radius 1 is 1.32 bits per heavy atom. The van der Waals surface area contributed by atoms with Gasteiger partial charge in [-0.25, -0.2) is 0 Å². The molecule has 0 saturated carbocycles. The van der Waals surface area contributed by atoms with Gasteiger partial charge in [0.1, 0.15) is 0 Å². The van der Waals surface area contributed by atoms with E-state index in [0.717, 1.165) is 32.8 Å². The van der Waals surface area contributed by atoms with Crippen LogP contribution in [0.15, 0.2) is 0 Å². The van der Waals surface area contributed by atoms with Gasteiger partial charge in [0.2, 0.25) is 11.8 Å². The number of hydrogen-bond acceptors (Lipinski definition) is 4. The van der Waals surface area contributed by atoms with Gasteiger partial charge in [-0.15, -0.1) is 0 Å². The molecule has 1 aliphatic rings. The molecule has 110 valence electrons. The number of carbonyl (C=O) groups excluding carboxylic acids is 2. The molecule has 0 spiro atoms. The Morgan fingerprint density at radius 2 is 1.95 bits per heavy atom. The lowest BCUT2D eigenvalue weighted by molar-refractivity contribution is -0.136. The lowest BCUT2D eigenvalue weighted by Gasteiger charge is -2.27. The largest absolute Gasteiger partial charge is 0.379 e. The Balaban J connectivity index is 2.21. The third-order valence-electron chi connectivity index (χ3n) is 3.20. The Kier molecular flexibility index (Phi) is 6.80. The van der Waals surface area contributed by atoms with Crippen molar-refractivity contribution in [2.45, 2.75) is 26.8 Å². The van der Waals surface area contributed by atoms with Gasteiger partial charge in [-0.1, -0.05) is 0 Å². The molecule has 0 atom stereocenters. The number of morpholine rings is 1. The van der Waals surface area contributed by atoms with E-state index in [9.17, 15) is 9.59 Å². The van der Waals surface area contributed by atoms with Crippen LogP contribution in [0.5, 0.6) is 0 Å². The van der Waals surface area contributed by atoms with Gasteiger partial charge in [-0.3, -0.25) is 14.5 Å². The molecule has 19 heavy (non-hydrogen) atoms. The van der Waals surface area contributed by atoms with Crippen molar-refractivity contribution in [1.29, 1.82) is 0 Å². The first-order chi connectivity index (χ1) is 9.00. The second kappa shape index (κ2) is 8.12. The summed E-state index contributed by atoms with van der Waals surface area (Å²) in [5.41, 5.74) is 0. The van der Waals surface area contributed by atoms with Crippen LogP contribution in [0.1, 0.15) is 20.8 Å². The van der Waals surface area contributed by atoms with E-state index in [1.807, 2.05) is 13.8 Å². The van der Waals surface area contributed by atoms with E-state index in [2.05, 4.69) is 10.2 Å². The van der Waals surface area contributed by atoms with Crippen LogP contribution >= 0.6 is 0 Å². The van der Waals surface area contributed by atoms with Crippen molar-refractivity contribution < 1.29 is 14.3 Å². The van der Waals surface area contributed by atoms with Gasteiger partial charge in [-0.05, 0) is 13.8 Å². The van der Waals surface area contributed by atoms with E-state index >= 15 is 0 Å². The number of nitrogens with zero attached hydrogens (tertiary/aromatic N) is 2. The fourth-order valence-corrected chi connectivity index (χ4v) is 2.05. The van der Waals surface area contributed by atoms with Crippen LogP contribution in [0, 0.1) is 0 Å². The van der Waals surface area contributed by atoms with E-state index in [1.165, 1.54) is 6.92 Å². The van der Waals surface area contributed by atoms with Crippen molar-refractivity contribution >= 4 is 11.8 Å². The van der Waals surface area contributed by atoms with Crippen LogP contribution in [0.25, 0.3) is 0 Å². The molecule has 6 nitrogen and oxygen atoms in total. The first kappa shape index (κ1) is 15.9. The van der Waals surface area contributed by atoms with Gasteiger partial charge in [0.05, 0.1) is 19.8 Å². The van der Waals surface area contributed by atoms with Crippen LogP contribution in [0.3, 0.4) is 0 Å². The van der Waals surface area contributed by atoms with Crippen molar-refractivity contribution in [2.75, 3.05) is 45.9 Å². The fraction of sp³-hybridized carbons (Fsp3) is 0.846. The molecule has 0 radical (unpaired) electrons. The second-order valence-electron chi connectivity index (χ2n) is 5.04. The molecule has 6 heteroatoms. The number of hydrogen-bond donors (Lipinski definition) is 1. The first-order valence-corrected chi connectivity index (χ1v) is 6.84. The van der Waals surface area contributed by atoms with Crippen LogP contribution in [0.4, 0.5) is 0 Å². The molecule has 0 aromatic rings. The predicted octanol–water partition coefficient (Wildman–Crippen LogP) is -0.308. The quantitative estimate of drug-likeness (QED) is 0.720. The summed E-state index contributed by atoms with van der Waals surface area (Å²) in [4.78, 5) is 26.9. The highest BCUT2D eigenvalue weighted by molar-refractivity contribution is 5.83. The summed E-state index contributed by atoms with van der Waals surface area (Å²) in [5.74, 6) is -0.171. The second-order valence-corrected chi connectivity index (χ2v) is 5.04. The zero-order chi connectivity index (χ0) is 14.3. The van der Waals surface area contributed by atoms with Crippen molar-refractivity contribution in [3.05, 3.63) is 0 Å². The van der Waals surface area contributed by atoms with Gasteiger partial charge in [-0.2, -0.15) is 0 Å². The van der Waals surface area contributed by atoms with Crippen molar-refractivity contribution in [2.24, 2.45) is 0 Å². The highest BCUT2D eigenvalue weighted by Gasteiger charge is 2.16. The molecule has 0 unspecified atom stereocenters. The molecule has 1 fully saturated rings. The maximum atomic E-state index is 11.8. The summed E-state index contributed by atoms with van der Waals surface area (Å²) in [6.45, 7) is 10.2. The molecular formula is C13H25N3O3. The van der Waals surface area contributed by atoms with Gasteiger partial charge in [0.25, 0.3) is 0 Å². The lowest BCUT2D eigenvalue weighted by Crippen LogP contribution is -2.46. The van der Waals surface area contributed by atoms with Crippen LogP contribution in [0.2, 0.25) is 0 Å². The summed E-state index contributed by atoms with van der Waals surface area (Å²) in [7, 11) is 0. The molecule has 1 saturated heterocycles. The number of ether oxygens (including phenoxy) is 1. The molecule has 0 aliphatic carbocycles. The van der Waals surface area contributed by atoms with E-state index in [0.29, 0.717) is 6.54 Å². The maximum absolute atomic E-state index is 11.8. The van der Waals surface area contributed by atoms with Crippen LogP contribution in [-0.2, 0) is 14.3 Å². The fourth-order valence-electron chi connectivity index (χ4n) is 2.05. The number of rotatable bonds is 6. The van der Waals surface area contributed by atoms with E-state index in [4.69, 9.17) is 4.74 Å². The maximum Gasteiger partial charge on any atom is 0.239 e. The lowest BCUT2D eigenvalue weighted by atomic mass is 10.3. The van der Waals surface area contributed by atoms with E-state index in [1.54, 1.807) is 4.90 Å². The Labute approximate surface area is 115 Å². The van der Waals surface area contributed by atoms with Crippen molar-refractivity contribution in [3.63, 3.8) is 0 Å². The highest BCUT2D eigenvalue weighted by Crippen LogP contribution is 1.98. The Bertz CT molecular complexity index is 302. The monoisotopic (exact) mass is 271 g/mol. The SMILES string of the molecule is CC(=O)N(CC(=O)NCCN1CCOCC1)C(C)C. The first-order valence-electron chi connectivity index (χ1n) is 6.84. The summed E-state index contributed by atoms with van der Waals surface area (Å²) in [5, 5.41) is 2.85. The third kappa shape index (κ3) is 6.02.